The van der Waals surface area contributed by atoms with E-state index in [4.69, 9.17) is 14.2 Å². The Morgan fingerprint density at radius 3 is 2.29 bits per heavy atom. The highest BCUT2D eigenvalue weighted by Crippen LogP contribution is 2.44. The zero-order chi connectivity index (χ0) is 19.3. The molecule has 0 aliphatic carbocycles. The van der Waals surface area contributed by atoms with E-state index in [2.05, 4.69) is 35.2 Å². The first-order chi connectivity index (χ1) is 13.7. The number of methoxy groups -OCH3 is 3. The number of hydrogen-bond donors (Lipinski definition) is 0. The molecule has 2 aliphatic heterocycles. The van der Waals surface area contributed by atoms with Gasteiger partial charge in [-0.05, 0) is 82.7 Å². The van der Waals surface area contributed by atoms with Crippen molar-refractivity contribution in [2.45, 2.75) is 38.3 Å². The maximum absolute atomic E-state index is 5.64. The van der Waals surface area contributed by atoms with E-state index in [9.17, 15) is 0 Å². The van der Waals surface area contributed by atoms with Gasteiger partial charge in [-0.3, -0.25) is 4.90 Å². The lowest BCUT2D eigenvalue weighted by Crippen LogP contribution is -2.43. The molecule has 0 bridgehead atoms. The Hall–Kier alpha value is -2.46. The van der Waals surface area contributed by atoms with Gasteiger partial charge in [-0.25, -0.2) is 0 Å². The molecule has 0 saturated carbocycles. The van der Waals surface area contributed by atoms with Crippen molar-refractivity contribution in [2.75, 3.05) is 27.9 Å². The first-order valence-electron chi connectivity index (χ1n) is 10.1. The summed E-state index contributed by atoms with van der Waals surface area (Å²) < 4.78 is 16.8. The van der Waals surface area contributed by atoms with Crippen molar-refractivity contribution in [1.29, 1.82) is 0 Å². The molecule has 2 aliphatic rings. The summed E-state index contributed by atoms with van der Waals surface area (Å²) in [6.07, 6.45) is 5.05. The van der Waals surface area contributed by atoms with E-state index >= 15 is 0 Å². The van der Waals surface area contributed by atoms with Gasteiger partial charge in [-0.15, -0.1) is 0 Å². The van der Waals surface area contributed by atoms with Crippen molar-refractivity contribution in [3.8, 4) is 17.2 Å². The predicted molar refractivity (Wildman–Crippen MR) is 113 cm³/mol. The van der Waals surface area contributed by atoms with Gasteiger partial charge in [-0.1, -0.05) is 12.5 Å². The van der Waals surface area contributed by atoms with Crippen LogP contribution in [0.5, 0.6) is 17.2 Å². The van der Waals surface area contributed by atoms with Gasteiger partial charge >= 0.3 is 0 Å². The lowest BCUT2D eigenvalue weighted by atomic mass is 9.82. The SMILES string of the molecule is COc1ccc2c(c1)c1c(c3cc(OC)c(OC)cc32)CC2CCCCN2C1. The molecule has 4 heteroatoms. The molecule has 3 aromatic carbocycles. The normalized spacial score (nSPS) is 19.3. The number of hydrogen-bond acceptors (Lipinski definition) is 4. The summed E-state index contributed by atoms with van der Waals surface area (Å²) in [5.74, 6) is 2.49. The van der Waals surface area contributed by atoms with Gasteiger partial charge in [0.2, 0.25) is 0 Å². The monoisotopic (exact) mass is 377 g/mol. The summed E-state index contributed by atoms with van der Waals surface area (Å²) in [7, 11) is 5.15. The molecule has 1 fully saturated rings. The molecule has 2 heterocycles. The predicted octanol–water partition coefficient (Wildman–Crippen LogP) is 4.93. The van der Waals surface area contributed by atoms with Gasteiger partial charge in [0, 0.05) is 12.6 Å². The topological polar surface area (TPSA) is 30.9 Å². The average molecular weight is 377 g/mol. The number of benzene rings is 3. The molecule has 146 valence electrons. The number of fused-ring (bicyclic) bond motifs is 7. The van der Waals surface area contributed by atoms with Crippen LogP contribution in [0.25, 0.3) is 21.5 Å². The van der Waals surface area contributed by atoms with Crippen LogP contribution in [0.3, 0.4) is 0 Å². The van der Waals surface area contributed by atoms with Crippen LogP contribution in [0.4, 0.5) is 0 Å². The van der Waals surface area contributed by atoms with Crippen LogP contribution in [0.1, 0.15) is 30.4 Å². The van der Waals surface area contributed by atoms with Crippen LogP contribution in [0, 0.1) is 0 Å². The highest BCUT2D eigenvalue weighted by molar-refractivity contribution is 6.12. The Kier molecular flexibility index (Phi) is 4.31. The van der Waals surface area contributed by atoms with Crippen molar-refractivity contribution in [2.24, 2.45) is 0 Å². The molecule has 5 rings (SSSR count). The first kappa shape index (κ1) is 17.6. The van der Waals surface area contributed by atoms with Gasteiger partial charge in [0.25, 0.3) is 0 Å². The molecule has 1 saturated heterocycles. The molecule has 0 N–H and O–H groups in total. The molecule has 0 amide bonds. The summed E-state index contributed by atoms with van der Waals surface area (Å²) >= 11 is 0. The van der Waals surface area contributed by atoms with E-state index in [0.717, 1.165) is 30.2 Å². The second-order valence-electron chi connectivity index (χ2n) is 7.95. The molecule has 0 spiro atoms. The second kappa shape index (κ2) is 6.85. The van der Waals surface area contributed by atoms with E-state index in [1.54, 1.807) is 21.3 Å². The van der Waals surface area contributed by atoms with Gasteiger partial charge < -0.3 is 14.2 Å². The minimum absolute atomic E-state index is 0.653. The van der Waals surface area contributed by atoms with Gasteiger partial charge in [0.1, 0.15) is 5.75 Å². The Labute approximate surface area is 166 Å². The van der Waals surface area contributed by atoms with Crippen LogP contribution in [-0.2, 0) is 13.0 Å². The zero-order valence-corrected chi connectivity index (χ0v) is 16.9. The first-order valence-corrected chi connectivity index (χ1v) is 10.1. The number of rotatable bonds is 3. The third-order valence-corrected chi connectivity index (χ3v) is 6.61. The molecule has 0 aromatic heterocycles. The number of piperidine rings is 1. The maximum Gasteiger partial charge on any atom is 0.161 e. The number of nitrogens with zero attached hydrogens (tertiary/aromatic N) is 1. The summed E-state index contributed by atoms with van der Waals surface area (Å²) in [5, 5.41) is 5.10. The Balaban J connectivity index is 1.85. The van der Waals surface area contributed by atoms with Crippen LogP contribution in [-0.4, -0.2) is 38.8 Å². The summed E-state index contributed by atoms with van der Waals surface area (Å²) in [5.41, 5.74) is 2.92. The molecular formula is C24H27NO3. The third kappa shape index (κ3) is 2.62. The van der Waals surface area contributed by atoms with E-state index in [-0.39, 0.29) is 0 Å². The highest BCUT2D eigenvalue weighted by atomic mass is 16.5. The fraction of sp³-hybridized carbons (Fsp3) is 0.417. The van der Waals surface area contributed by atoms with Crippen LogP contribution < -0.4 is 14.2 Å². The third-order valence-electron chi connectivity index (χ3n) is 6.61. The smallest absolute Gasteiger partial charge is 0.161 e. The summed E-state index contributed by atoms with van der Waals surface area (Å²) in [4.78, 5) is 2.68. The minimum Gasteiger partial charge on any atom is -0.497 e. The van der Waals surface area contributed by atoms with Crippen molar-refractivity contribution >= 4 is 21.5 Å². The van der Waals surface area contributed by atoms with Crippen molar-refractivity contribution in [3.05, 3.63) is 41.5 Å². The Bertz CT molecular complexity index is 1060. The maximum atomic E-state index is 5.64. The van der Waals surface area contributed by atoms with Crippen molar-refractivity contribution in [1.82, 2.24) is 4.90 Å². The van der Waals surface area contributed by atoms with E-state index in [0.29, 0.717) is 6.04 Å². The zero-order valence-electron chi connectivity index (χ0n) is 16.9. The summed E-state index contributed by atoms with van der Waals surface area (Å²) in [6, 6.07) is 11.4. The van der Waals surface area contributed by atoms with E-state index in [1.807, 2.05) is 0 Å². The molecule has 1 unspecified atom stereocenters. The molecule has 3 aromatic rings. The molecule has 4 nitrogen and oxygen atoms in total. The van der Waals surface area contributed by atoms with Crippen LogP contribution in [0.2, 0.25) is 0 Å². The lowest BCUT2D eigenvalue weighted by molar-refractivity contribution is 0.128. The second-order valence-corrected chi connectivity index (χ2v) is 7.95. The highest BCUT2D eigenvalue weighted by Gasteiger charge is 2.31. The fourth-order valence-corrected chi connectivity index (χ4v) is 5.16. The van der Waals surface area contributed by atoms with Crippen LogP contribution in [0.15, 0.2) is 30.3 Å². The van der Waals surface area contributed by atoms with Gasteiger partial charge in [0.05, 0.1) is 21.3 Å². The fourth-order valence-electron chi connectivity index (χ4n) is 5.16. The Morgan fingerprint density at radius 2 is 1.54 bits per heavy atom. The summed E-state index contributed by atoms with van der Waals surface area (Å²) in [6.45, 7) is 2.23. The van der Waals surface area contributed by atoms with Gasteiger partial charge in [-0.2, -0.15) is 0 Å². The molecule has 28 heavy (non-hydrogen) atoms. The van der Waals surface area contributed by atoms with Gasteiger partial charge in [0.15, 0.2) is 11.5 Å². The standard InChI is InChI=1S/C24H27NO3/c1-26-16-7-8-17-19(11-16)22-14-25-9-5-4-6-15(25)10-18(22)21-13-24(28-3)23(27-2)12-20(17)21/h7-8,11-13,15H,4-6,9-10,14H2,1-3H3. The van der Waals surface area contributed by atoms with Crippen LogP contribution >= 0.6 is 0 Å². The van der Waals surface area contributed by atoms with E-state index < -0.39 is 0 Å². The number of ether oxygens (including phenoxy) is 3. The Morgan fingerprint density at radius 1 is 0.786 bits per heavy atom. The van der Waals surface area contributed by atoms with Crippen molar-refractivity contribution in [3.63, 3.8) is 0 Å². The minimum atomic E-state index is 0.653. The lowest BCUT2D eigenvalue weighted by Gasteiger charge is -2.41. The molecule has 1 atom stereocenters. The van der Waals surface area contributed by atoms with Crippen molar-refractivity contribution < 1.29 is 14.2 Å². The molecule has 0 radical (unpaired) electrons. The average Bonchev–Trinajstić information content (AvgIpc) is 2.76. The molecular weight excluding hydrogens is 350 g/mol. The largest absolute Gasteiger partial charge is 0.497 e. The van der Waals surface area contributed by atoms with E-state index in [1.165, 1.54) is 58.5 Å². The quantitative estimate of drug-likeness (QED) is 0.606.